The van der Waals surface area contributed by atoms with Crippen LogP contribution >= 0.6 is 27.3 Å². The molecule has 0 spiro atoms. The van der Waals surface area contributed by atoms with Gasteiger partial charge in [-0.2, -0.15) is 0 Å². The van der Waals surface area contributed by atoms with Crippen molar-refractivity contribution in [3.63, 3.8) is 0 Å². The summed E-state index contributed by atoms with van der Waals surface area (Å²) in [5.41, 5.74) is 7.02. The molecule has 0 radical (unpaired) electrons. The molecule has 1 fully saturated rings. The first-order valence-electron chi connectivity index (χ1n) is 5.98. The quantitative estimate of drug-likeness (QED) is 0.916. The summed E-state index contributed by atoms with van der Waals surface area (Å²) in [7, 11) is 0. The highest BCUT2D eigenvalue weighted by molar-refractivity contribution is 9.10. The van der Waals surface area contributed by atoms with Crippen LogP contribution in [0.25, 0.3) is 10.8 Å². The predicted octanol–water partition coefficient (Wildman–Crippen LogP) is 3.60. The molecule has 1 aliphatic rings. The molecular formula is C12H13BrN4S. The molecule has 94 valence electrons. The maximum Gasteiger partial charge on any atom is 0.190 e. The highest BCUT2D eigenvalue weighted by Gasteiger charge is 2.23. The minimum Gasteiger partial charge on any atom is -0.383 e. The van der Waals surface area contributed by atoms with Crippen LogP contribution in [0.4, 0.5) is 5.82 Å². The zero-order valence-electron chi connectivity index (χ0n) is 9.77. The number of anilines is 1. The van der Waals surface area contributed by atoms with E-state index in [1.165, 1.54) is 37.0 Å². The minimum atomic E-state index is 0.503. The molecule has 0 aromatic carbocycles. The number of halogens is 1. The second-order valence-corrected chi connectivity index (χ2v) is 6.14. The van der Waals surface area contributed by atoms with Gasteiger partial charge >= 0.3 is 0 Å². The molecule has 18 heavy (non-hydrogen) atoms. The molecule has 1 saturated carbocycles. The summed E-state index contributed by atoms with van der Waals surface area (Å²) in [5, 5.41) is 2.75. The van der Waals surface area contributed by atoms with Crippen molar-refractivity contribution in [1.29, 1.82) is 0 Å². The fourth-order valence-electron chi connectivity index (χ4n) is 2.38. The molecule has 2 aromatic heterocycles. The molecule has 2 N–H and O–H groups in total. The van der Waals surface area contributed by atoms with Gasteiger partial charge in [-0.05, 0) is 28.8 Å². The highest BCUT2D eigenvalue weighted by atomic mass is 79.9. The Morgan fingerprint density at radius 3 is 2.72 bits per heavy atom. The summed E-state index contributed by atoms with van der Waals surface area (Å²) in [6.45, 7) is 0. The van der Waals surface area contributed by atoms with E-state index in [9.17, 15) is 0 Å². The van der Waals surface area contributed by atoms with Crippen molar-refractivity contribution in [3.05, 3.63) is 21.7 Å². The van der Waals surface area contributed by atoms with E-state index in [4.69, 9.17) is 5.73 Å². The zero-order valence-corrected chi connectivity index (χ0v) is 12.2. The van der Waals surface area contributed by atoms with Crippen molar-refractivity contribution in [2.45, 2.75) is 31.6 Å². The number of aromatic nitrogens is 3. The van der Waals surface area contributed by atoms with Gasteiger partial charge in [0.2, 0.25) is 0 Å². The fourth-order valence-corrected chi connectivity index (χ4v) is 3.45. The molecule has 0 aliphatic heterocycles. The predicted molar refractivity (Wildman–Crippen MR) is 76.5 cm³/mol. The Morgan fingerprint density at radius 1 is 1.28 bits per heavy atom. The molecule has 3 rings (SSSR count). The molecule has 0 atom stereocenters. The lowest BCUT2D eigenvalue weighted by Crippen LogP contribution is -2.05. The van der Waals surface area contributed by atoms with Gasteiger partial charge in [0, 0.05) is 17.5 Å². The summed E-state index contributed by atoms with van der Waals surface area (Å²) in [4.78, 5) is 13.2. The monoisotopic (exact) mass is 324 g/mol. The maximum absolute atomic E-state index is 5.97. The number of nitrogens with two attached hydrogens (primary N) is 1. The average molecular weight is 325 g/mol. The third-order valence-corrected chi connectivity index (χ3v) is 4.85. The number of hydrogen-bond acceptors (Lipinski definition) is 5. The minimum absolute atomic E-state index is 0.503. The molecule has 1 aliphatic carbocycles. The van der Waals surface area contributed by atoms with Crippen molar-refractivity contribution in [2.75, 3.05) is 5.73 Å². The molecule has 6 heteroatoms. The molecule has 0 bridgehead atoms. The van der Waals surface area contributed by atoms with Crippen LogP contribution in [-0.4, -0.2) is 15.0 Å². The summed E-state index contributed by atoms with van der Waals surface area (Å²) in [5.74, 6) is 1.66. The molecule has 0 unspecified atom stereocenters. The third kappa shape index (κ3) is 2.14. The van der Waals surface area contributed by atoms with E-state index in [1.54, 1.807) is 6.20 Å². The smallest absolute Gasteiger partial charge is 0.190 e. The largest absolute Gasteiger partial charge is 0.383 e. The third-order valence-electron chi connectivity index (χ3n) is 3.27. The Morgan fingerprint density at radius 2 is 2.06 bits per heavy atom. The first-order valence-corrected chi connectivity index (χ1v) is 7.65. The summed E-state index contributed by atoms with van der Waals surface area (Å²) in [6, 6.07) is 0. The van der Waals surface area contributed by atoms with E-state index < -0.39 is 0 Å². The summed E-state index contributed by atoms with van der Waals surface area (Å²) in [6.07, 6.45) is 6.68. The molecule has 0 saturated heterocycles. The van der Waals surface area contributed by atoms with Crippen molar-refractivity contribution < 1.29 is 0 Å². The average Bonchev–Trinajstić information content (AvgIpc) is 3.03. The number of rotatable bonds is 2. The Bertz CT molecular complexity index is 549. The van der Waals surface area contributed by atoms with Crippen LogP contribution in [0.1, 0.15) is 37.3 Å². The van der Waals surface area contributed by atoms with E-state index in [0.29, 0.717) is 17.6 Å². The second kappa shape index (κ2) is 4.93. The van der Waals surface area contributed by atoms with Gasteiger partial charge in [0.1, 0.15) is 5.82 Å². The van der Waals surface area contributed by atoms with Crippen LogP contribution in [0.5, 0.6) is 0 Å². The van der Waals surface area contributed by atoms with Gasteiger partial charge in [0.05, 0.1) is 10.2 Å². The number of nitrogens with zero attached hydrogens (tertiary/aromatic N) is 3. The second-order valence-electron chi connectivity index (χ2n) is 4.45. The van der Waals surface area contributed by atoms with Crippen molar-refractivity contribution in [2.24, 2.45) is 0 Å². The van der Waals surface area contributed by atoms with Crippen LogP contribution in [0.2, 0.25) is 0 Å². The first-order chi connectivity index (χ1) is 8.75. The fraction of sp³-hybridized carbons (Fsp3) is 0.417. The van der Waals surface area contributed by atoms with Crippen molar-refractivity contribution in [3.8, 4) is 10.8 Å². The number of thiazole rings is 1. The van der Waals surface area contributed by atoms with Crippen LogP contribution in [0.3, 0.4) is 0 Å². The number of hydrogen-bond donors (Lipinski definition) is 1. The SMILES string of the molecule is Nc1nc(-c2nccs2)nc(C2CCCC2)c1Br. The Labute approximate surface area is 118 Å². The van der Waals surface area contributed by atoms with E-state index >= 15 is 0 Å². The standard InChI is InChI=1S/C12H13BrN4S/c13-8-9(7-3-1-2-4-7)16-11(17-10(8)14)12-15-5-6-18-12/h5-7H,1-4H2,(H2,14,16,17). The van der Waals surface area contributed by atoms with Crippen LogP contribution in [-0.2, 0) is 0 Å². The Hall–Kier alpha value is -1.01. The lowest BCUT2D eigenvalue weighted by Gasteiger charge is -2.13. The van der Waals surface area contributed by atoms with E-state index in [2.05, 4.69) is 30.9 Å². The van der Waals surface area contributed by atoms with Crippen molar-refractivity contribution >= 4 is 33.1 Å². The van der Waals surface area contributed by atoms with E-state index in [-0.39, 0.29) is 0 Å². The normalized spacial score (nSPS) is 16.3. The summed E-state index contributed by atoms with van der Waals surface area (Å²) >= 11 is 5.06. The van der Waals surface area contributed by atoms with Gasteiger partial charge in [-0.1, -0.05) is 12.8 Å². The number of nitrogen functional groups attached to an aromatic ring is 1. The molecule has 2 aromatic rings. The van der Waals surface area contributed by atoms with Gasteiger partial charge in [-0.25, -0.2) is 15.0 Å². The van der Waals surface area contributed by atoms with Gasteiger partial charge in [0.15, 0.2) is 10.8 Å². The van der Waals surface area contributed by atoms with Crippen molar-refractivity contribution in [1.82, 2.24) is 15.0 Å². The molecular weight excluding hydrogens is 312 g/mol. The lowest BCUT2D eigenvalue weighted by molar-refractivity contribution is 0.691. The van der Waals surface area contributed by atoms with Crippen LogP contribution < -0.4 is 5.73 Å². The van der Waals surface area contributed by atoms with Gasteiger partial charge in [-0.15, -0.1) is 11.3 Å². The summed E-state index contributed by atoms with van der Waals surface area (Å²) < 4.78 is 0.856. The Kier molecular flexibility index (Phi) is 3.30. The topological polar surface area (TPSA) is 64.7 Å². The van der Waals surface area contributed by atoms with Crippen LogP contribution in [0, 0.1) is 0 Å². The molecule has 4 nitrogen and oxygen atoms in total. The Balaban J connectivity index is 2.07. The van der Waals surface area contributed by atoms with Gasteiger partial charge < -0.3 is 5.73 Å². The lowest BCUT2D eigenvalue weighted by atomic mass is 10.0. The van der Waals surface area contributed by atoms with E-state index in [1.807, 2.05) is 5.38 Å². The maximum atomic E-state index is 5.97. The zero-order chi connectivity index (χ0) is 12.5. The van der Waals surface area contributed by atoms with Crippen LogP contribution in [0.15, 0.2) is 16.0 Å². The first kappa shape index (κ1) is 12.0. The molecule has 0 amide bonds. The highest BCUT2D eigenvalue weighted by Crippen LogP contribution is 2.39. The van der Waals surface area contributed by atoms with E-state index in [0.717, 1.165) is 15.2 Å². The molecule has 2 heterocycles. The van der Waals surface area contributed by atoms with Gasteiger partial charge in [-0.3, -0.25) is 0 Å². The van der Waals surface area contributed by atoms with Gasteiger partial charge in [0.25, 0.3) is 0 Å².